The van der Waals surface area contributed by atoms with E-state index in [4.69, 9.17) is 4.74 Å². The Morgan fingerprint density at radius 2 is 2.04 bits per heavy atom. The molecule has 3 aromatic rings. The van der Waals surface area contributed by atoms with Gasteiger partial charge in [0, 0.05) is 4.88 Å². The van der Waals surface area contributed by atoms with Crippen molar-refractivity contribution in [2.75, 3.05) is 7.11 Å². The Morgan fingerprint density at radius 3 is 2.83 bits per heavy atom. The first-order chi connectivity index (χ1) is 11.8. The second kappa shape index (κ2) is 6.20. The summed E-state index contributed by atoms with van der Waals surface area (Å²) < 4.78 is 6.46. The molecule has 2 aromatic heterocycles. The van der Waals surface area contributed by atoms with Crippen molar-refractivity contribution < 1.29 is 4.74 Å². The molecule has 0 atom stereocenters. The summed E-state index contributed by atoms with van der Waals surface area (Å²) in [5.41, 5.74) is 2.01. The average Bonchev–Trinajstić information content (AvgIpc) is 3.01. The fourth-order valence-corrected chi connectivity index (χ4v) is 4.26. The van der Waals surface area contributed by atoms with Crippen LogP contribution in [0.15, 0.2) is 40.5 Å². The van der Waals surface area contributed by atoms with Gasteiger partial charge in [-0.25, -0.2) is 4.98 Å². The number of hydrogen-bond donors (Lipinski definition) is 0. The lowest BCUT2D eigenvalue weighted by Crippen LogP contribution is -2.18. The Kier molecular flexibility index (Phi) is 3.90. The molecule has 0 fully saturated rings. The monoisotopic (exact) mass is 339 g/mol. The van der Waals surface area contributed by atoms with E-state index in [0.29, 0.717) is 0 Å². The lowest BCUT2D eigenvalue weighted by atomic mass is 9.97. The largest absolute Gasteiger partial charge is 0.497 e. The van der Waals surface area contributed by atoms with E-state index in [1.54, 1.807) is 24.7 Å². The van der Waals surface area contributed by atoms with E-state index in [1.165, 1.54) is 27.9 Å². The fourth-order valence-electron chi connectivity index (χ4n) is 3.04. The zero-order chi connectivity index (χ0) is 16.5. The summed E-state index contributed by atoms with van der Waals surface area (Å²) in [6, 6.07) is 7.51. The summed E-state index contributed by atoms with van der Waals surface area (Å²) in [6.45, 7) is 0. The lowest BCUT2D eigenvalue weighted by Gasteiger charge is -2.09. The molecule has 4 rings (SSSR count). The van der Waals surface area contributed by atoms with Crippen molar-refractivity contribution in [3.8, 4) is 5.75 Å². The first-order valence-corrected chi connectivity index (χ1v) is 8.78. The van der Waals surface area contributed by atoms with E-state index in [-0.39, 0.29) is 5.56 Å². The third kappa shape index (κ3) is 2.63. The number of nitrogens with zero attached hydrogens (tertiary/aromatic N) is 3. The highest BCUT2D eigenvalue weighted by molar-refractivity contribution is 7.18. The Bertz CT molecular complexity index is 970. The standard InChI is InChI=1S/C18H17N3O2S/c1-23-13-8-6-12(7-9-13)10-20-21-11-19-17-16(18(21)22)14-4-2-3-5-15(14)24-17/h6-11H,2-5H2,1H3/b20-10+. The average molecular weight is 339 g/mol. The van der Waals surface area contributed by atoms with Crippen LogP contribution in [0.2, 0.25) is 0 Å². The minimum atomic E-state index is -0.0795. The van der Waals surface area contributed by atoms with Gasteiger partial charge in [-0.15, -0.1) is 11.3 Å². The van der Waals surface area contributed by atoms with Crippen LogP contribution in [0.3, 0.4) is 0 Å². The number of aryl methyl sites for hydroxylation is 2. The van der Waals surface area contributed by atoms with Crippen LogP contribution in [0.4, 0.5) is 0 Å². The van der Waals surface area contributed by atoms with Crippen LogP contribution in [0.25, 0.3) is 10.2 Å². The number of benzene rings is 1. The van der Waals surface area contributed by atoms with E-state index in [0.717, 1.165) is 40.8 Å². The molecule has 0 bridgehead atoms. The number of rotatable bonds is 3. The van der Waals surface area contributed by atoms with E-state index >= 15 is 0 Å². The number of aromatic nitrogens is 2. The number of thiophene rings is 1. The van der Waals surface area contributed by atoms with E-state index in [9.17, 15) is 4.79 Å². The highest BCUT2D eigenvalue weighted by Gasteiger charge is 2.19. The first kappa shape index (κ1) is 15.1. The topological polar surface area (TPSA) is 56.5 Å². The molecule has 0 saturated heterocycles. The molecule has 0 unspecified atom stereocenters. The molecular weight excluding hydrogens is 322 g/mol. The molecule has 0 N–H and O–H groups in total. The van der Waals surface area contributed by atoms with Crippen LogP contribution in [-0.4, -0.2) is 23.0 Å². The predicted molar refractivity (Wildman–Crippen MR) is 96.5 cm³/mol. The lowest BCUT2D eigenvalue weighted by molar-refractivity contribution is 0.415. The van der Waals surface area contributed by atoms with Gasteiger partial charge in [0.2, 0.25) is 0 Å². The molecule has 5 nitrogen and oxygen atoms in total. The molecule has 0 saturated carbocycles. The summed E-state index contributed by atoms with van der Waals surface area (Å²) in [5.74, 6) is 0.789. The molecule has 0 aliphatic heterocycles. The van der Waals surface area contributed by atoms with Gasteiger partial charge >= 0.3 is 0 Å². The highest BCUT2D eigenvalue weighted by Crippen LogP contribution is 2.33. The molecule has 6 heteroatoms. The molecule has 0 spiro atoms. The first-order valence-electron chi connectivity index (χ1n) is 7.96. The molecular formula is C18H17N3O2S. The maximum atomic E-state index is 12.8. The minimum absolute atomic E-state index is 0.0795. The highest BCUT2D eigenvalue weighted by atomic mass is 32.1. The van der Waals surface area contributed by atoms with Gasteiger partial charge < -0.3 is 4.74 Å². The van der Waals surface area contributed by atoms with Gasteiger partial charge in [-0.1, -0.05) is 0 Å². The van der Waals surface area contributed by atoms with Gasteiger partial charge in [0.05, 0.1) is 18.7 Å². The van der Waals surface area contributed by atoms with Crippen molar-refractivity contribution in [2.24, 2.45) is 5.10 Å². The van der Waals surface area contributed by atoms with E-state index < -0.39 is 0 Å². The summed E-state index contributed by atoms with van der Waals surface area (Å²) in [6.07, 6.45) is 7.54. The van der Waals surface area contributed by atoms with Crippen LogP contribution >= 0.6 is 11.3 Å². The molecule has 24 heavy (non-hydrogen) atoms. The number of hydrogen-bond acceptors (Lipinski definition) is 5. The minimum Gasteiger partial charge on any atom is -0.497 e. The second-order valence-electron chi connectivity index (χ2n) is 5.80. The van der Waals surface area contributed by atoms with Gasteiger partial charge in [0.25, 0.3) is 5.56 Å². The van der Waals surface area contributed by atoms with Crippen LogP contribution in [-0.2, 0) is 12.8 Å². The zero-order valence-corrected chi connectivity index (χ0v) is 14.2. The van der Waals surface area contributed by atoms with Gasteiger partial charge in [-0.3, -0.25) is 4.79 Å². The molecule has 1 aliphatic rings. The summed E-state index contributed by atoms with van der Waals surface area (Å²) >= 11 is 1.65. The summed E-state index contributed by atoms with van der Waals surface area (Å²) in [7, 11) is 1.63. The maximum Gasteiger partial charge on any atom is 0.282 e. The molecule has 2 heterocycles. The van der Waals surface area contributed by atoms with Gasteiger partial charge in [-0.2, -0.15) is 9.78 Å². The van der Waals surface area contributed by atoms with E-state index in [2.05, 4.69) is 10.1 Å². The number of methoxy groups -OCH3 is 1. The second-order valence-corrected chi connectivity index (χ2v) is 6.89. The molecule has 1 aromatic carbocycles. The molecule has 1 aliphatic carbocycles. The molecule has 0 radical (unpaired) electrons. The fraction of sp³-hybridized carbons (Fsp3) is 0.278. The van der Waals surface area contributed by atoms with Crippen molar-refractivity contribution in [1.29, 1.82) is 0 Å². The van der Waals surface area contributed by atoms with Crippen molar-refractivity contribution in [2.45, 2.75) is 25.7 Å². The van der Waals surface area contributed by atoms with Crippen LogP contribution in [0.5, 0.6) is 5.75 Å². The van der Waals surface area contributed by atoms with Gasteiger partial charge in [0.1, 0.15) is 16.9 Å². The maximum absolute atomic E-state index is 12.8. The zero-order valence-electron chi connectivity index (χ0n) is 13.4. The number of ether oxygens (including phenoxy) is 1. The van der Waals surface area contributed by atoms with Crippen molar-refractivity contribution in [1.82, 2.24) is 9.66 Å². The van der Waals surface area contributed by atoms with Gasteiger partial charge in [0.15, 0.2) is 0 Å². The van der Waals surface area contributed by atoms with Crippen molar-refractivity contribution >= 4 is 27.8 Å². The Balaban J connectivity index is 1.72. The van der Waals surface area contributed by atoms with Gasteiger partial charge in [-0.05, 0) is 61.1 Å². The molecule has 122 valence electrons. The van der Waals surface area contributed by atoms with E-state index in [1.807, 2.05) is 24.3 Å². The summed E-state index contributed by atoms with van der Waals surface area (Å²) in [4.78, 5) is 19.4. The SMILES string of the molecule is COc1ccc(/C=N/n2cnc3sc4c(c3c2=O)CCCC4)cc1. The Morgan fingerprint density at radius 1 is 1.25 bits per heavy atom. The van der Waals surface area contributed by atoms with Crippen LogP contribution in [0.1, 0.15) is 28.8 Å². The Labute approximate surface area is 143 Å². The van der Waals surface area contributed by atoms with Crippen LogP contribution in [0, 0.1) is 0 Å². The third-order valence-corrected chi connectivity index (χ3v) is 5.51. The van der Waals surface area contributed by atoms with Crippen molar-refractivity contribution in [3.63, 3.8) is 0 Å². The quantitative estimate of drug-likeness (QED) is 0.689. The summed E-state index contributed by atoms with van der Waals surface area (Å²) in [5, 5.41) is 5.04. The number of fused-ring (bicyclic) bond motifs is 3. The van der Waals surface area contributed by atoms with Crippen LogP contribution < -0.4 is 10.3 Å². The van der Waals surface area contributed by atoms with Crippen molar-refractivity contribution in [3.05, 3.63) is 57.0 Å². The third-order valence-electron chi connectivity index (χ3n) is 4.31. The normalized spacial score (nSPS) is 14.2. The molecule has 0 amide bonds. The predicted octanol–water partition coefficient (Wildman–Crippen LogP) is 3.23. The smallest absolute Gasteiger partial charge is 0.282 e. The Hall–Kier alpha value is -2.47.